The van der Waals surface area contributed by atoms with E-state index in [0.717, 1.165) is 26.2 Å². The predicted molar refractivity (Wildman–Crippen MR) is 144 cm³/mol. The SMILES string of the molecule is CC.CCO[C@@H](CO[Si](C)(C)C(C)(C)C)[C@H]1CN(Cc2ccccc2)C[C@@H]1c1ccccc1. The van der Waals surface area contributed by atoms with E-state index in [-0.39, 0.29) is 11.1 Å². The smallest absolute Gasteiger partial charge is 0.192 e. The Hall–Kier alpha value is -1.46. The van der Waals surface area contributed by atoms with Gasteiger partial charge < -0.3 is 9.16 Å². The average molecular weight is 470 g/mol. The fourth-order valence-electron chi connectivity index (χ4n) is 4.33. The van der Waals surface area contributed by atoms with Crippen LogP contribution >= 0.6 is 0 Å². The van der Waals surface area contributed by atoms with Crippen LogP contribution in [-0.4, -0.2) is 45.6 Å². The molecule has 1 aliphatic rings. The van der Waals surface area contributed by atoms with E-state index in [0.29, 0.717) is 18.4 Å². The molecule has 0 aliphatic carbocycles. The topological polar surface area (TPSA) is 21.7 Å². The second kappa shape index (κ2) is 12.8. The number of likely N-dealkylation sites (tertiary alicyclic amines) is 1. The van der Waals surface area contributed by atoms with Gasteiger partial charge in [0.25, 0.3) is 0 Å². The van der Waals surface area contributed by atoms with Gasteiger partial charge in [-0.25, -0.2) is 0 Å². The van der Waals surface area contributed by atoms with Crippen molar-refractivity contribution < 1.29 is 9.16 Å². The molecule has 3 rings (SSSR count). The molecule has 4 heteroatoms. The van der Waals surface area contributed by atoms with E-state index in [4.69, 9.17) is 9.16 Å². The Morgan fingerprint density at radius 1 is 0.939 bits per heavy atom. The summed E-state index contributed by atoms with van der Waals surface area (Å²) in [7, 11) is -1.82. The van der Waals surface area contributed by atoms with Gasteiger partial charge >= 0.3 is 0 Å². The largest absolute Gasteiger partial charge is 0.414 e. The van der Waals surface area contributed by atoms with E-state index < -0.39 is 8.32 Å². The van der Waals surface area contributed by atoms with Crippen molar-refractivity contribution in [2.45, 2.75) is 78.2 Å². The highest BCUT2D eigenvalue weighted by atomic mass is 28.4. The first-order valence-electron chi connectivity index (χ1n) is 12.8. The zero-order valence-electron chi connectivity index (χ0n) is 22.3. The fourth-order valence-corrected chi connectivity index (χ4v) is 5.34. The molecule has 0 spiro atoms. The average Bonchev–Trinajstić information content (AvgIpc) is 3.22. The first kappa shape index (κ1) is 27.8. The molecule has 3 atom stereocenters. The van der Waals surface area contributed by atoms with Gasteiger partial charge in [0, 0.05) is 38.1 Å². The number of rotatable bonds is 9. The maximum absolute atomic E-state index is 6.65. The van der Waals surface area contributed by atoms with E-state index in [1.54, 1.807) is 0 Å². The standard InChI is InChI=1S/C27H41NO2Si.C2H6/c1-7-29-26(21-30-31(5,6)27(2,3)4)25-20-28(18-22-14-10-8-11-15-22)19-24(25)23-16-12-9-13-17-23;1-2/h8-17,24-26H,7,18-21H2,1-6H3;1-2H3/t24-,25+,26+;/m1./s1. The summed E-state index contributed by atoms with van der Waals surface area (Å²) in [5.41, 5.74) is 2.79. The number of ether oxygens (including phenoxy) is 1. The van der Waals surface area contributed by atoms with Crippen LogP contribution in [0.1, 0.15) is 58.6 Å². The molecule has 0 radical (unpaired) electrons. The van der Waals surface area contributed by atoms with E-state index in [1.807, 2.05) is 13.8 Å². The van der Waals surface area contributed by atoms with Crippen molar-refractivity contribution in [2.24, 2.45) is 5.92 Å². The second-order valence-electron chi connectivity index (χ2n) is 10.4. The Kier molecular flexibility index (Phi) is 10.8. The molecule has 33 heavy (non-hydrogen) atoms. The van der Waals surface area contributed by atoms with Crippen LogP contribution in [0, 0.1) is 5.92 Å². The Morgan fingerprint density at radius 3 is 2.06 bits per heavy atom. The Balaban J connectivity index is 0.00000187. The third kappa shape index (κ3) is 7.78. The fraction of sp³-hybridized carbons (Fsp3) is 0.586. The molecular weight excluding hydrogens is 422 g/mol. The molecule has 1 aliphatic heterocycles. The second-order valence-corrected chi connectivity index (χ2v) is 15.2. The number of hydrogen-bond donors (Lipinski definition) is 0. The maximum Gasteiger partial charge on any atom is 0.192 e. The molecule has 0 bridgehead atoms. The summed E-state index contributed by atoms with van der Waals surface area (Å²) < 4.78 is 13.0. The van der Waals surface area contributed by atoms with Gasteiger partial charge in [-0.3, -0.25) is 4.90 Å². The molecule has 2 aromatic carbocycles. The van der Waals surface area contributed by atoms with Crippen molar-refractivity contribution in [3.8, 4) is 0 Å². The molecule has 1 heterocycles. The van der Waals surface area contributed by atoms with Crippen molar-refractivity contribution in [3.63, 3.8) is 0 Å². The van der Waals surface area contributed by atoms with Crippen LogP contribution in [-0.2, 0) is 15.7 Å². The Morgan fingerprint density at radius 2 is 1.52 bits per heavy atom. The molecule has 0 aromatic heterocycles. The minimum absolute atomic E-state index is 0.116. The minimum Gasteiger partial charge on any atom is -0.414 e. The highest BCUT2D eigenvalue weighted by Gasteiger charge is 2.42. The number of nitrogens with zero attached hydrogens (tertiary/aromatic N) is 1. The normalized spacial score (nSPS) is 20.2. The zero-order chi connectivity index (χ0) is 24.5. The van der Waals surface area contributed by atoms with Gasteiger partial charge in [0.15, 0.2) is 8.32 Å². The van der Waals surface area contributed by atoms with Crippen molar-refractivity contribution in [2.75, 3.05) is 26.3 Å². The zero-order valence-corrected chi connectivity index (χ0v) is 23.3. The molecule has 0 saturated carbocycles. The summed E-state index contributed by atoms with van der Waals surface area (Å²) >= 11 is 0. The molecule has 0 unspecified atom stereocenters. The van der Waals surface area contributed by atoms with Gasteiger partial charge in [0.2, 0.25) is 0 Å². The summed E-state index contributed by atoms with van der Waals surface area (Å²) in [6.07, 6.45) is 0.116. The quantitative estimate of drug-likeness (QED) is 0.358. The van der Waals surface area contributed by atoms with E-state index in [9.17, 15) is 0 Å². The van der Waals surface area contributed by atoms with Crippen LogP contribution in [0.2, 0.25) is 18.1 Å². The molecular formula is C29H47NO2Si. The van der Waals surface area contributed by atoms with Gasteiger partial charge in [-0.05, 0) is 36.2 Å². The number of benzene rings is 2. The summed E-state index contributed by atoms with van der Waals surface area (Å²) in [4.78, 5) is 2.59. The molecule has 0 N–H and O–H groups in total. The van der Waals surface area contributed by atoms with Gasteiger partial charge in [-0.1, -0.05) is 95.3 Å². The van der Waals surface area contributed by atoms with Gasteiger partial charge in [0.1, 0.15) is 0 Å². The monoisotopic (exact) mass is 469 g/mol. The van der Waals surface area contributed by atoms with Crippen LogP contribution in [0.3, 0.4) is 0 Å². The molecule has 3 nitrogen and oxygen atoms in total. The van der Waals surface area contributed by atoms with Crippen LogP contribution in [0.5, 0.6) is 0 Å². The van der Waals surface area contributed by atoms with Crippen molar-refractivity contribution in [1.29, 1.82) is 0 Å². The number of hydrogen-bond acceptors (Lipinski definition) is 3. The van der Waals surface area contributed by atoms with Crippen LogP contribution in [0.15, 0.2) is 60.7 Å². The van der Waals surface area contributed by atoms with Crippen LogP contribution in [0.4, 0.5) is 0 Å². The molecule has 1 saturated heterocycles. The van der Waals surface area contributed by atoms with Crippen molar-refractivity contribution in [3.05, 3.63) is 71.8 Å². The lowest BCUT2D eigenvalue weighted by molar-refractivity contribution is -0.0152. The predicted octanol–water partition coefficient (Wildman–Crippen LogP) is 7.36. The summed E-state index contributed by atoms with van der Waals surface area (Å²) in [6.45, 7) is 22.2. The van der Waals surface area contributed by atoms with Crippen LogP contribution < -0.4 is 0 Å². The lowest BCUT2D eigenvalue weighted by atomic mass is 9.85. The van der Waals surface area contributed by atoms with Gasteiger partial charge in [-0.2, -0.15) is 0 Å². The minimum atomic E-state index is -1.82. The molecule has 1 fully saturated rings. The molecule has 184 valence electrons. The third-order valence-corrected chi connectivity index (χ3v) is 11.7. The van der Waals surface area contributed by atoms with Gasteiger partial charge in [0.05, 0.1) is 12.7 Å². The molecule has 2 aromatic rings. The Labute approximate surface area is 204 Å². The lowest BCUT2D eigenvalue weighted by Crippen LogP contribution is -2.45. The van der Waals surface area contributed by atoms with Crippen molar-refractivity contribution >= 4 is 8.32 Å². The highest BCUT2D eigenvalue weighted by molar-refractivity contribution is 6.74. The maximum atomic E-state index is 6.65. The highest BCUT2D eigenvalue weighted by Crippen LogP contribution is 2.39. The Bertz CT molecular complexity index is 788. The third-order valence-electron chi connectivity index (χ3n) is 7.19. The summed E-state index contributed by atoms with van der Waals surface area (Å²) in [6, 6.07) is 21.8. The van der Waals surface area contributed by atoms with Gasteiger partial charge in [-0.15, -0.1) is 0 Å². The van der Waals surface area contributed by atoms with Crippen molar-refractivity contribution in [1.82, 2.24) is 4.90 Å². The first-order valence-corrected chi connectivity index (χ1v) is 15.7. The van der Waals surface area contributed by atoms with E-state index in [1.165, 1.54) is 11.1 Å². The van der Waals surface area contributed by atoms with Crippen LogP contribution in [0.25, 0.3) is 0 Å². The lowest BCUT2D eigenvalue weighted by Gasteiger charge is -2.38. The molecule has 0 amide bonds. The van der Waals surface area contributed by atoms with E-state index in [2.05, 4.69) is 106 Å². The summed E-state index contributed by atoms with van der Waals surface area (Å²) in [5, 5.41) is 0.206. The first-order chi connectivity index (χ1) is 15.7. The summed E-state index contributed by atoms with van der Waals surface area (Å²) in [5.74, 6) is 0.889. The van der Waals surface area contributed by atoms with E-state index >= 15 is 0 Å².